The lowest BCUT2D eigenvalue weighted by Gasteiger charge is -2.32. The Kier molecular flexibility index (Phi) is 4.08. The highest BCUT2D eigenvalue weighted by Gasteiger charge is 2.22. The van der Waals surface area contributed by atoms with Crippen LogP contribution >= 0.6 is 0 Å². The normalized spacial score (nSPS) is 18.4. The molecule has 2 rings (SSSR count). The third-order valence-electron chi connectivity index (χ3n) is 4.08. The number of hydrogen-bond donors (Lipinski definition) is 1. The van der Waals surface area contributed by atoms with Crippen molar-refractivity contribution in [3.05, 3.63) is 35.4 Å². The van der Waals surface area contributed by atoms with Crippen LogP contribution in [0.25, 0.3) is 0 Å². The molecule has 1 atom stereocenters. The molecule has 1 aromatic carbocycles. The monoisotopic (exact) mass is 246 g/mol. The van der Waals surface area contributed by atoms with Gasteiger partial charge in [-0.3, -0.25) is 4.90 Å². The van der Waals surface area contributed by atoms with Gasteiger partial charge in [0.25, 0.3) is 0 Å². The quantitative estimate of drug-likeness (QED) is 0.888. The number of benzene rings is 1. The fourth-order valence-corrected chi connectivity index (χ4v) is 2.50. The van der Waals surface area contributed by atoms with E-state index in [0.29, 0.717) is 0 Å². The summed E-state index contributed by atoms with van der Waals surface area (Å²) in [6.07, 6.45) is 2.27. The van der Waals surface area contributed by atoms with Crippen molar-refractivity contribution in [2.75, 3.05) is 13.1 Å². The number of fused-ring (bicyclic) bond motifs is 1. The average Bonchev–Trinajstić information content (AvgIpc) is 2.34. The summed E-state index contributed by atoms with van der Waals surface area (Å²) in [5.74, 6) is 0. The minimum absolute atomic E-state index is 0.216. The lowest BCUT2D eigenvalue weighted by molar-refractivity contribution is 0.215. The van der Waals surface area contributed by atoms with Crippen LogP contribution in [0.4, 0.5) is 0 Å². The highest BCUT2D eigenvalue weighted by Crippen LogP contribution is 2.22. The van der Waals surface area contributed by atoms with E-state index in [1.165, 1.54) is 24.1 Å². The van der Waals surface area contributed by atoms with Gasteiger partial charge in [-0.25, -0.2) is 0 Å². The molecule has 1 aromatic rings. The highest BCUT2D eigenvalue weighted by atomic mass is 15.1. The minimum atomic E-state index is 0.216. The van der Waals surface area contributed by atoms with Crippen LogP contribution in [0.5, 0.6) is 0 Å². The Bertz CT molecular complexity index is 392. The summed E-state index contributed by atoms with van der Waals surface area (Å²) in [6.45, 7) is 10.1. The van der Waals surface area contributed by atoms with Crippen molar-refractivity contribution in [2.45, 2.75) is 46.2 Å². The van der Waals surface area contributed by atoms with Crippen LogP contribution in [0.15, 0.2) is 24.3 Å². The summed E-state index contributed by atoms with van der Waals surface area (Å²) in [4.78, 5) is 2.54. The van der Waals surface area contributed by atoms with Gasteiger partial charge in [-0.2, -0.15) is 0 Å². The molecule has 1 heterocycles. The van der Waals surface area contributed by atoms with Gasteiger partial charge in [0.2, 0.25) is 0 Å². The Morgan fingerprint density at radius 2 is 1.89 bits per heavy atom. The van der Waals surface area contributed by atoms with Crippen LogP contribution in [-0.2, 0) is 13.0 Å². The van der Waals surface area contributed by atoms with Crippen molar-refractivity contribution in [1.29, 1.82) is 0 Å². The van der Waals surface area contributed by atoms with Gasteiger partial charge in [-0.05, 0) is 35.9 Å². The van der Waals surface area contributed by atoms with E-state index in [4.69, 9.17) is 5.73 Å². The molecule has 0 saturated heterocycles. The maximum atomic E-state index is 6.24. The summed E-state index contributed by atoms with van der Waals surface area (Å²) in [5.41, 5.74) is 9.47. The molecular formula is C16H26N2. The molecule has 2 N–H and O–H groups in total. The zero-order valence-electron chi connectivity index (χ0n) is 11.9. The van der Waals surface area contributed by atoms with Crippen LogP contribution in [0, 0.1) is 5.41 Å². The largest absolute Gasteiger partial charge is 0.327 e. The molecular weight excluding hydrogens is 220 g/mol. The van der Waals surface area contributed by atoms with Crippen molar-refractivity contribution >= 4 is 0 Å². The number of nitrogens with two attached hydrogens (primary N) is 1. The third-order valence-corrected chi connectivity index (χ3v) is 4.08. The van der Waals surface area contributed by atoms with E-state index in [1.54, 1.807) is 0 Å². The van der Waals surface area contributed by atoms with Gasteiger partial charge in [-0.1, -0.05) is 45.0 Å². The molecule has 0 aromatic heterocycles. The molecule has 100 valence electrons. The van der Waals surface area contributed by atoms with Gasteiger partial charge in [0.05, 0.1) is 0 Å². The SMILES string of the molecule is CC(C)(C)C(N)CCN1CCc2ccccc2C1. The van der Waals surface area contributed by atoms with Crippen LogP contribution in [-0.4, -0.2) is 24.0 Å². The Morgan fingerprint density at radius 3 is 2.56 bits per heavy atom. The molecule has 1 aliphatic heterocycles. The molecule has 0 spiro atoms. The fourth-order valence-electron chi connectivity index (χ4n) is 2.50. The van der Waals surface area contributed by atoms with Gasteiger partial charge >= 0.3 is 0 Å². The Balaban J connectivity index is 1.87. The lowest BCUT2D eigenvalue weighted by atomic mass is 9.85. The van der Waals surface area contributed by atoms with Crippen molar-refractivity contribution in [3.63, 3.8) is 0 Å². The van der Waals surface area contributed by atoms with Crippen molar-refractivity contribution in [2.24, 2.45) is 11.1 Å². The van der Waals surface area contributed by atoms with Crippen LogP contribution in [0.1, 0.15) is 38.3 Å². The van der Waals surface area contributed by atoms with Crippen LogP contribution < -0.4 is 5.73 Å². The Labute approximate surface area is 111 Å². The van der Waals surface area contributed by atoms with Crippen molar-refractivity contribution in [3.8, 4) is 0 Å². The van der Waals surface area contributed by atoms with Crippen molar-refractivity contribution in [1.82, 2.24) is 4.90 Å². The second-order valence-corrected chi connectivity index (χ2v) is 6.56. The summed E-state index contributed by atoms with van der Waals surface area (Å²) >= 11 is 0. The first-order valence-corrected chi connectivity index (χ1v) is 7.01. The summed E-state index contributed by atoms with van der Waals surface area (Å²) in [6, 6.07) is 9.08. The topological polar surface area (TPSA) is 29.3 Å². The molecule has 18 heavy (non-hydrogen) atoms. The standard InChI is InChI=1S/C16H26N2/c1-16(2,3)15(17)9-11-18-10-8-13-6-4-5-7-14(13)12-18/h4-7,15H,8-12,17H2,1-3H3. The first-order valence-electron chi connectivity index (χ1n) is 7.01. The minimum Gasteiger partial charge on any atom is -0.327 e. The Morgan fingerprint density at radius 1 is 1.22 bits per heavy atom. The molecule has 0 aliphatic carbocycles. The van der Waals surface area contributed by atoms with Gasteiger partial charge in [0, 0.05) is 19.1 Å². The number of rotatable bonds is 3. The maximum absolute atomic E-state index is 6.24. The van der Waals surface area contributed by atoms with Gasteiger partial charge < -0.3 is 5.73 Å². The predicted octanol–water partition coefficient (Wildman–Crippen LogP) is 2.81. The Hall–Kier alpha value is -0.860. The summed E-state index contributed by atoms with van der Waals surface area (Å²) in [7, 11) is 0. The lowest BCUT2D eigenvalue weighted by Crippen LogP contribution is -2.40. The number of nitrogens with zero attached hydrogens (tertiary/aromatic N) is 1. The summed E-state index contributed by atoms with van der Waals surface area (Å²) < 4.78 is 0. The second-order valence-electron chi connectivity index (χ2n) is 6.56. The predicted molar refractivity (Wildman–Crippen MR) is 77.5 cm³/mol. The third kappa shape index (κ3) is 3.33. The molecule has 0 radical (unpaired) electrons. The zero-order valence-corrected chi connectivity index (χ0v) is 11.9. The van der Waals surface area contributed by atoms with E-state index in [2.05, 4.69) is 49.9 Å². The molecule has 0 bridgehead atoms. The average molecular weight is 246 g/mol. The molecule has 1 aliphatic rings. The molecule has 0 saturated carbocycles. The summed E-state index contributed by atoms with van der Waals surface area (Å²) in [5, 5.41) is 0. The highest BCUT2D eigenvalue weighted by molar-refractivity contribution is 5.28. The molecule has 0 fully saturated rings. The van der Waals surface area contributed by atoms with Gasteiger partial charge in [0.15, 0.2) is 0 Å². The smallest absolute Gasteiger partial charge is 0.0236 e. The molecule has 1 unspecified atom stereocenters. The fraction of sp³-hybridized carbons (Fsp3) is 0.625. The van der Waals surface area contributed by atoms with Crippen LogP contribution in [0.2, 0.25) is 0 Å². The van der Waals surface area contributed by atoms with E-state index in [1.807, 2.05) is 0 Å². The van der Waals surface area contributed by atoms with E-state index < -0.39 is 0 Å². The van der Waals surface area contributed by atoms with E-state index in [9.17, 15) is 0 Å². The van der Waals surface area contributed by atoms with Gasteiger partial charge in [0.1, 0.15) is 0 Å². The van der Waals surface area contributed by atoms with Crippen molar-refractivity contribution < 1.29 is 0 Å². The first kappa shape index (κ1) is 13.6. The zero-order chi connectivity index (χ0) is 13.2. The molecule has 2 heteroatoms. The van der Waals surface area contributed by atoms with E-state index in [-0.39, 0.29) is 11.5 Å². The van der Waals surface area contributed by atoms with Gasteiger partial charge in [-0.15, -0.1) is 0 Å². The van der Waals surface area contributed by atoms with Crippen LogP contribution in [0.3, 0.4) is 0 Å². The molecule has 2 nitrogen and oxygen atoms in total. The number of hydrogen-bond acceptors (Lipinski definition) is 2. The maximum Gasteiger partial charge on any atom is 0.0236 e. The van der Waals surface area contributed by atoms with E-state index >= 15 is 0 Å². The van der Waals surface area contributed by atoms with E-state index in [0.717, 1.165) is 19.5 Å². The first-order chi connectivity index (χ1) is 8.47. The molecule has 0 amide bonds. The second kappa shape index (κ2) is 5.41.